The highest BCUT2D eigenvalue weighted by Crippen LogP contribution is 2.27. The third-order valence-electron chi connectivity index (χ3n) is 4.22. The molecule has 0 radical (unpaired) electrons. The van der Waals surface area contributed by atoms with Crippen LogP contribution in [0.4, 0.5) is 5.69 Å². The minimum Gasteiger partial charge on any atom is -0.320 e. The molecule has 0 fully saturated rings. The summed E-state index contributed by atoms with van der Waals surface area (Å²) < 4.78 is 1.78. The second kappa shape index (κ2) is 5.99. The molecule has 24 heavy (non-hydrogen) atoms. The van der Waals surface area contributed by atoms with Gasteiger partial charge in [0.15, 0.2) is 0 Å². The van der Waals surface area contributed by atoms with E-state index in [4.69, 9.17) is 0 Å². The van der Waals surface area contributed by atoms with E-state index in [1.54, 1.807) is 10.9 Å². The van der Waals surface area contributed by atoms with Crippen molar-refractivity contribution < 1.29 is 4.79 Å². The average molecular weight is 327 g/mol. The van der Waals surface area contributed by atoms with Gasteiger partial charge in [-0.2, -0.15) is 5.10 Å². The molecule has 0 atom stereocenters. The molecular formula is C17H21N5O2. The van der Waals surface area contributed by atoms with Crippen LogP contribution in [0.1, 0.15) is 40.5 Å². The molecule has 0 aliphatic heterocycles. The molecule has 1 amide bonds. The third kappa shape index (κ3) is 2.73. The number of hydrogen-bond donors (Lipinski definition) is 3. The lowest BCUT2D eigenvalue weighted by Gasteiger charge is -2.11. The van der Waals surface area contributed by atoms with Gasteiger partial charge in [-0.1, -0.05) is 6.92 Å². The van der Waals surface area contributed by atoms with E-state index in [0.717, 1.165) is 24.1 Å². The highest BCUT2D eigenvalue weighted by atomic mass is 16.2. The van der Waals surface area contributed by atoms with E-state index in [1.165, 1.54) is 0 Å². The summed E-state index contributed by atoms with van der Waals surface area (Å²) in [7, 11) is 0. The first-order chi connectivity index (χ1) is 11.4. The fraction of sp³-hybridized carbons (Fsp3) is 0.353. The summed E-state index contributed by atoms with van der Waals surface area (Å²) in [5.74, 6) is -0.230. The van der Waals surface area contributed by atoms with Gasteiger partial charge < -0.3 is 15.3 Å². The van der Waals surface area contributed by atoms with Crippen molar-refractivity contribution in [3.63, 3.8) is 0 Å². The van der Waals surface area contributed by atoms with Gasteiger partial charge >= 0.3 is 5.69 Å². The van der Waals surface area contributed by atoms with Crippen LogP contribution in [-0.4, -0.2) is 25.7 Å². The Morgan fingerprint density at radius 1 is 1.29 bits per heavy atom. The van der Waals surface area contributed by atoms with Crippen LogP contribution in [0.15, 0.2) is 17.1 Å². The fourth-order valence-corrected chi connectivity index (χ4v) is 2.83. The summed E-state index contributed by atoms with van der Waals surface area (Å²) in [6, 6.07) is 1.89. The number of aromatic nitrogens is 4. The van der Waals surface area contributed by atoms with Crippen LogP contribution in [0.2, 0.25) is 0 Å². The first-order valence-corrected chi connectivity index (χ1v) is 7.98. The molecular weight excluding hydrogens is 306 g/mol. The molecule has 3 N–H and O–H groups in total. The molecule has 1 aromatic carbocycles. The Bertz CT molecular complexity index is 977. The average Bonchev–Trinajstić information content (AvgIpc) is 3.06. The SMILES string of the molecule is CCCn1cc(C(=O)Nc2c(C)c(C)cc3[nH]c(=O)[nH]c23)c(C)n1. The minimum absolute atomic E-state index is 0.230. The Kier molecular flexibility index (Phi) is 4.01. The number of nitrogens with one attached hydrogen (secondary N) is 3. The Morgan fingerprint density at radius 3 is 2.75 bits per heavy atom. The molecule has 0 aliphatic carbocycles. The lowest BCUT2D eigenvalue weighted by Crippen LogP contribution is -2.14. The number of carbonyl (C=O) groups is 1. The Labute approximate surface area is 139 Å². The van der Waals surface area contributed by atoms with Gasteiger partial charge in [0.25, 0.3) is 5.91 Å². The van der Waals surface area contributed by atoms with E-state index in [9.17, 15) is 9.59 Å². The monoisotopic (exact) mass is 327 g/mol. The number of aromatic amines is 2. The normalized spacial score (nSPS) is 11.2. The largest absolute Gasteiger partial charge is 0.323 e. The van der Waals surface area contributed by atoms with Gasteiger partial charge in [0.05, 0.1) is 28.0 Å². The van der Waals surface area contributed by atoms with E-state index in [-0.39, 0.29) is 11.6 Å². The number of fused-ring (bicyclic) bond motifs is 1. The lowest BCUT2D eigenvalue weighted by molar-refractivity contribution is 0.102. The Hall–Kier alpha value is -2.83. The molecule has 2 heterocycles. The van der Waals surface area contributed by atoms with Crippen molar-refractivity contribution in [1.82, 2.24) is 19.7 Å². The highest BCUT2D eigenvalue weighted by molar-refractivity contribution is 6.09. The zero-order valence-electron chi connectivity index (χ0n) is 14.3. The number of benzene rings is 1. The van der Waals surface area contributed by atoms with Gasteiger partial charge in [0.2, 0.25) is 0 Å². The molecule has 3 aromatic rings. The zero-order valence-corrected chi connectivity index (χ0v) is 14.3. The maximum absolute atomic E-state index is 12.7. The smallest absolute Gasteiger partial charge is 0.320 e. The topological polar surface area (TPSA) is 95.6 Å². The summed E-state index contributed by atoms with van der Waals surface area (Å²) in [6.07, 6.45) is 2.71. The molecule has 7 heteroatoms. The van der Waals surface area contributed by atoms with Gasteiger partial charge in [-0.3, -0.25) is 9.48 Å². The van der Waals surface area contributed by atoms with Crippen LogP contribution in [0.3, 0.4) is 0 Å². The molecule has 2 aromatic heterocycles. The van der Waals surface area contributed by atoms with Crippen LogP contribution < -0.4 is 11.0 Å². The quantitative estimate of drug-likeness (QED) is 0.687. The predicted octanol–water partition coefficient (Wildman–Crippen LogP) is 2.64. The molecule has 7 nitrogen and oxygen atoms in total. The number of anilines is 1. The standard InChI is InChI=1S/C17H21N5O2/c1-5-6-22-8-12(11(4)21-22)16(23)19-14-10(3)9(2)7-13-15(14)20-17(24)18-13/h7-8H,5-6H2,1-4H3,(H,19,23)(H2,18,20,24). The fourth-order valence-electron chi connectivity index (χ4n) is 2.83. The van der Waals surface area contributed by atoms with E-state index in [1.807, 2.05) is 26.8 Å². The van der Waals surface area contributed by atoms with Crippen LogP contribution in [0.5, 0.6) is 0 Å². The van der Waals surface area contributed by atoms with Crippen molar-refractivity contribution in [3.05, 3.63) is 45.1 Å². The van der Waals surface area contributed by atoms with Crippen LogP contribution >= 0.6 is 0 Å². The van der Waals surface area contributed by atoms with Gasteiger partial charge in [0, 0.05) is 12.7 Å². The van der Waals surface area contributed by atoms with E-state index in [2.05, 4.69) is 27.3 Å². The van der Waals surface area contributed by atoms with Crippen LogP contribution in [0, 0.1) is 20.8 Å². The van der Waals surface area contributed by atoms with Crippen LogP contribution in [0.25, 0.3) is 11.0 Å². The number of imidazole rings is 1. The van der Waals surface area contributed by atoms with Gasteiger partial charge in [-0.25, -0.2) is 4.79 Å². The first kappa shape index (κ1) is 16.0. The van der Waals surface area contributed by atoms with Crippen molar-refractivity contribution >= 4 is 22.6 Å². The van der Waals surface area contributed by atoms with Crippen molar-refractivity contribution in [2.24, 2.45) is 0 Å². The van der Waals surface area contributed by atoms with Gasteiger partial charge in [-0.15, -0.1) is 0 Å². The maximum Gasteiger partial charge on any atom is 0.323 e. The van der Waals surface area contributed by atoms with Crippen LogP contribution in [-0.2, 0) is 6.54 Å². The predicted molar refractivity (Wildman–Crippen MR) is 93.6 cm³/mol. The summed E-state index contributed by atoms with van der Waals surface area (Å²) in [5, 5.41) is 7.30. The van der Waals surface area contributed by atoms with E-state index < -0.39 is 0 Å². The summed E-state index contributed by atoms with van der Waals surface area (Å²) in [5.41, 5.74) is 4.75. The van der Waals surface area contributed by atoms with Gasteiger partial charge in [-0.05, 0) is 44.4 Å². The lowest BCUT2D eigenvalue weighted by atomic mass is 10.1. The Morgan fingerprint density at radius 2 is 2.04 bits per heavy atom. The van der Waals surface area contributed by atoms with Crippen molar-refractivity contribution in [1.29, 1.82) is 0 Å². The maximum atomic E-state index is 12.7. The molecule has 126 valence electrons. The number of H-pyrrole nitrogens is 2. The number of amides is 1. The highest BCUT2D eigenvalue weighted by Gasteiger charge is 2.17. The third-order valence-corrected chi connectivity index (χ3v) is 4.22. The van der Waals surface area contributed by atoms with Crippen molar-refractivity contribution in [2.45, 2.75) is 40.7 Å². The molecule has 0 spiro atoms. The second-order valence-corrected chi connectivity index (χ2v) is 6.04. The molecule has 0 saturated heterocycles. The van der Waals surface area contributed by atoms with Crippen molar-refractivity contribution in [3.8, 4) is 0 Å². The number of carbonyl (C=O) groups excluding carboxylic acids is 1. The molecule has 0 unspecified atom stereocenters. The number of nitrogens with zero attached hydrogens (tertiary/aromatic N) is 2. The number of aryl methyl sites for hydroxylation is 3. The molecule has 0 aliphatic rings. The molecule has 0 bridgehead atoms. The summed E-state index contributed by atoms with van der Waals surface area (Å²) in [6.45, 7) is 8.51. The zero-order chi connectivity index (χ0) is 17.4. The molecule has 0 saturated carbocycles. The number of hydrogen-bond acceptors (Lipinski definition) is 3. The second-order valence-electron chi connectivity index (χ2n) is 6.04. The molecule has 3 rings (SSSR count). The number of rotatable bonds is 4. The summed E-state index contributed by atoms with van der Waals surface area (Å²) >= 11 is 0. The summed E-state index contributed by atoms with van der Waals surface area (Å²) in [4.78, 5) is 29.8. The first-order valence-electron chi connectivity index (χ1n) is 7.98. The van der Waals surface area contributed by atoms with Crippen molar-refractivity contribution in [2.75, 3.05) is 5.32 Å². The van der Waals surface area contributed by atoms with E-state index in [0.29, 0.717) is 28.0 Å². The minimum atomic E-state index is -0.294. The van der Waals surface area contributed by atoms with Gasteiger partial charge in [0.1, 0.15) is 0 Å². The Balaban J connectivity index is 2.02. The van der Waals surface area contributed by atoms with E-state index >= 15 is 0 Å².